The Labute approximate surface area is 118 Å². The number of halogens is 1. The lowest BCUT2D eigenvalue weighted by Gasteiger charge is -2.39. The number of carbonyl (C=O) groups is 1. The van der Waals surface area contributed by atoms with Gasteiger partial charge in [0.05, 0.1) is 13.2 Å². The fraction of sp³-hybridized carbons (Fsp3) is 0.562. The van der Waals surface area contributed by atoms with E-state index in [0.717, 1.165) is 12.8 Å². The molecule has 2 fully saturated rings. The maximum Gasteiger partial charge on any atom is 0.140 e. The summed E-state index contributed by atoms with van der Waals surface area (Å²) in [6.45, 7) is 3.09. The first-order valence-corrected chi connectivity index (χ1v) is 7.24. The summed E-state index contributed by atoms with van der Waals surface area (Å²) in [7, 11) is 0. The first-order valence-electron chi connectivity index (χ1n) is 7.24. The zero-order valence-electron chi connectivity index (χ0n) is 11.7. The summed E-state index contributed by atoms with van der Waals surface area (Å²) in [5, 5.41) is 3.47. The van der Waals surface area contributed by atoms with Crippen molar-refractivity contribution < 1.29 is 13.9 Å². The van der Waals surface area contributed by atoms with E-state index in [0.29, 0.717) is 24.3 Å². The third-order valence-electron chi connectivity index (χ3n) is 4.34. The molecule has 2 unspecified atom stereocenters. The lowest BCUT2D eigenvalue weighted by Crippen LogP contribution is -2.55. The third kappa shape index (κ3) is 2.76. The Bertz CT molecular complexity index is 505. The molecule has 2 saturated heterocycles. The van der Waals surface area contributed by atoms with Gasteiger partial charge in [-0.25, -0.2) is 4.39 Å². The monoisotopic (exact) mass is 277 g/mol. The van der Waals surface area contributed by atoms with Crippen molar-refractivity contribution in [3.8, 4) is 0 Å². The summed E-state index contributed by atoms with van der Waals surface area (Å²) in [6.07, 6.45) is 1.82. The van der Waals surface area contributed by atoms with Crippen molar-refractivity contribution in [2.75, 3.05) is 13.2 Å². The number of hydrogen-bond acceptors (Lipinski definition) is 3. The van der Waals surface area contributed by atoms with Crippen LogP contribution in [0.4, 0.5) is 4.39 Å². The van der Waals surface area contributed by atoms with E-state index in [4.69, 9.17) is 4.74 Å². The number of rotatable bonds is 3. The molecule has 2 aliphatic heterocycles. The SMILES string of the molecule is Cc1cccc(CC(=O)C2CC3COCC(C2)N3)c1F. The molecular formula is C16H20FNO2. The average molecular weight is 277 g/mol. The minimum Gasteiger partial charge on any atom is -0.378 e. The van der Waals surface area contributed by atoms with Gasteiger partial charge in [-0.2, -0.15) is 0 Å². The van der Waals surface area contributed by atoms with Crippen molar-refractivity contribution in [1.82, 2.24) is 5.32 Å². The Morgan fingerprint density at radius 1 is 1.35 bits per heavy atom. The van der Waals surface area contributed by atoms with Gasteiger partial charge in [0.25, 0.3) is 0 Å². The molecule has 4 heteroatoms. The molecule has 3 nitrogen and oxygen atoms in total. The lowest BCUT2D eigenvalue weighted by atomic mass is 9.82. The number of nitrogens with one attached hydrogen (secondary N) is 1. The summed E-state index contributed by atoms with van der Waals surface area (Å²) < 4.78 is 19.5. The molecule has 3 rings (SSSR count). The second kappa shape index (κ2) is 5.62. The van der Waals surface area contributed by atoms with Gasteiger partial charge in [-0.3, -0.25) is 4.79 Å². The first-order chi connectivity index (χ1) is 9.63. The second-order valence-corrected chi connectivity index (χ2v) is 5.96. The van der Waals surface area contributed by atoms with E-state index in [9.17, 15) is 9.18 Å². The molecule has 0 saturated carbocycles. The van der Waals surface area contributed by atoms with Crippen molar-refractivity contribution in [2.24, 2.45) is 5.92 Å². The molecule has 2 atom stereocenters. The zero-order valence-corrected chi connectivity index (χ0v) is 11.7. The highest BCUT2D eigenvalue weighted by molar-refractivity contribution is 5.83. The topological polar surface area (TPSA) is 38.3 Å². The Balaban J connectivity index is 1.68. The van der Waals surface area contributed by atoms with E-state index in [-0.39, 0.29) is 36.0 Å². The molecule has 2 heterocycles. The number of ether oxygens (including phenoxy) is 1. The van der Waals surface area contributed by atoms with Crippen molar-refractivity contribution in [2.45, 2.75) is 38.3 Å². The van der Waals surface area contributed by atoms with Crippen molar-refractivity contribution in [3.05, 3.63) is 35.1 Å². The van der Waals surface area contributed by atoms with Crippen LogP contribution < -0.4 is 5.32 Å². The van der Waals surface area contributed by atoms with Crippen LogP contribution in [0.25, 0.3) is 0 Å². The van der Waals surface area contributed by atoms with Crippen molar-refractivity contribution in [3.63, 3.8) is 0 Å². The highest BCUT2D eigenvalue weighted by atomic mass is 19.1. The number of fused-ring (bicyclic) bond motifs is 2. The molecule has 0 aromatic heterocycles. The highest BCUT2D eigenvalue weighted by Crippen LogP contribution is 2.26. The molecule has 0 aliphatic carbocycles. The second-order valence-electron chi connectivity index (χ2n) is 5.96. The molecule has 0 radical (unpaired) electrons. The van der Waals surface area contributed by atoms with Gasteiger partial charge in [0, 0.05) is 24.4 Å². The van der Waals surface area contributed by atoms with Gasteiger partial charge in [-0.1, -0.05) is 18.2 Å². The van der Waals surface area contributed by atoms with Crippen molar-refractivity contribution in [1.29, 1.82) is 0 Å². The van der Waals surface area contributed by atoms with Crippen molar-refractivity contribution >= 4 is 5.78 Å². The molecule has 1 N–H and O–H groups in total. The van der Waals surface area contributed by atoms with E-state index >= 15 is 0 Å². The van der Waals surface area contributed by atoms with Gasteiger partial charge in [0.2, 0.25) is 0 Å². The fourth-order valence-corrected chi connectivity index (χ4v) is 3.28. The predicted octanol–water partition coefficient (Wildman–Crippen LogP) is 2.01. The standard InChI is InChI=1S/C16H20FNO2/c1-10-3-2-4-11(16(10)17)7-15(19)12-5-13-8-20-9-14(6-12)18-13/h2-4,12-14,18H,5-9H2,1H3. The molecule has 1 aromatic rings. The Morgan fingerprint density at radius 2 is 2.05 bits per heavy atom. The maximum absolute atomic E-state index is 14.0. The van der Waals surface area contributed by atoms with E-state index in [2.05, 4.69) is 5.32 Å². The van der Waals surface area contributed by atoms with Gasteiger partial charge in [0.1, 0.15) is 11.6 Å². The fourth-order valence-electron chi connectivity index (χ4n) is 3.28. The van der Waals surface area contributed by atoms with Crippen LogP contribution in [0.5, 0.6) is 0 Å². The minimum atomic E-state index is -0.238. The third-order valence-corrected chi connectivity index (χ3v) is 4.34. The van der Waals surface area contributed by atoms with Crippen LogP contribution in [0.3, 0.4) is 0 Å². The van der Waals surface area contributed by atoms with Gasteiger partial charge in [0.15, 0.2) is 0 Å². The summed E-state index contributed by atoms with van der Waals surface area (Å²) in [6, 6.07) is 5.81. The maximum atomic E-state index is 14.0. The molecule has 1 aromatic carbocycles. The van der Waals surface area contributed by atoms with Gasteiger partial charge < -0.3 is 10.1 Å². The molecule has 2 bridgehead atoms. The van der Waals surface area contributed by atoms with E-state index in [1.54, 1.807) is 19.1 Å². The Hall–Kier alpha value is -1.26. The van der Waals surface area contributed by atoms with E-state index in [1.807, 2.05) is 6.07 Å². The molecular weight excluding hydrogens is 257 g/mol. The summed E-state index contributed by atoms with van der Waals surface area (Å²) in [5.74, 6) is -0.0405. The molecule has 0 spiro atoms. The number of carbonyl (C=O) groups excluding carboxylic acids is 1. The number of aryl methyl sites for hydroxylation is 1. The molecule has 2 aliphatic rings. The number of piperidine rings is 1. The highest BCUT2D eigenvalue weighted by Gasteiger charge is 2.35. The molecule has 108 valence electrons. The number of ketones is 1. The van der Waals surface area contributed by atoms with Crippen LogP contribution in [-0.4, -0.2) is 31.1 Å². The normalized spacial score (nSPS) is 29.2. The predicted molar refractivity (Wildman–Crippen MR) is 74.1 cm³/mol. The van der Waals surface area contributed by atoms with Crippen LogP contribution in [0.2, 0.25) is 0 Å². The van der Waals surface area contributed by atoms with Gasteiger partial charge in [-0.15, -0.1) is 0 Å². The molecule has 20 heavy (non-hydrogen) atoms. The zero-order chi connectivity index (χ0) is 14.1. The summed E-state index contributed by atoms with van der Waals surface area (Å²) >= 11 is 0. The van der Waals surface area contributed by atoms with Crippen LogP contribution >= 0.6 is 0 Å². The van der Waals surface area contributed by atoms with Crippen LogP contribution in [-0.2, 0) is 16.0 Å². The van der Waals surface area contributed by atoms with E-state index in [1.165, 1.54) is 0 Å². The summed E-state index contributed by atoms with van der Waals surface area (Å²) in [4.78, 5) is 12.4. The Kier molecular flexibility index (Phi) is 3.85. The number of morpholine rings is 1. The smallest absolute Gasteiger partial charge is 0.140 e. The Morgan fingerprint density at radius 3 is 2.75 bits per heavy atom. The van der Waals surface area contributed by atoms with Gasteiger partial charge in [-0.05, 0) is 30.9 Å². The van der Waals surface area contributed by atoms with Crippen LogP contribution in [0, 0.1) is 18.7 Å². The minimum absolute atomic E-state index is 0.0371. The quantitative estimate of drug-likeness (QED) is 0.918. The van der Waals surface area contributed by atoms with Crippen LogP contribution in [0.1, 0.15) is 24.0 Å². The van der Waals surface area contributed by atoms with Crippen LogP contribution in [0.15, 0.2) is 18.2 Å². The van der Waals surface area contributed by atoms with E-state index < -0.39 is 0 Å². The first kappa shape index (κ1) is 13.7. The lowest BCUT2D eigenvalue weighted by molar-refractivity contribution is -0.125. The average Bonchev–Trinajstić information content (AvgIpc) is 2.43. The summed E-state index contributed by atoms with van der Waals surface area (Å²) in [5.41, 5.74) is 1.13. The number of benzene rings is 1. The van der Waals surface area contributed by atoms with Gasteiger partial charge >= 0.3 is 0 Å². The largest absolute Gasteiger partial charge is 0.378 e. The number of Topliss-reactive ketones (excluding diaryl/α,β-unsaturated/α-hetero) is 1. The molecule has 0 amide bonds. The number of hydrogen-bond donors (Lipinski definition) is 1.